The molecule has 2 N–H and O–H groups in total. The number of likely N-dealkylation sites (tertiary alicyclic amines) is 1. The SMILES string of the molecule is COc1ccc(NC(=O)N2CCCC2C)c(C(=O)O)c1. The van der Waals surface area contributed by atoms with Crippen molar-refractivity contribution in [3.05, 3.63) is 23.8 Å². The van der Waals surface area contributed by atoms with Crippen LogP contribution >= 0.6 is 0 Å². The number of aromatic carboxylic acids is 1. The van der Waals surface area contributed by atoms with Crippen LogP contribution in [0.1, 0.15) is 30.1 Å². The number of amides is 2. The summed E-state index contributed by atoms with van der Waals surface area (Å²) in [6.07, 6.45) is 1.95. The molecule has 0 saturated carbocycles. The molecule has 1 unspecified atom stereocenters. The highest BCUT2D eigenvalue weighted by Crippen LogP contribution is 2.24. The average Bonchev–Trinajstić information content (AvgIpc) is 2.85. The number of nitrogens with zero attached hydrogens (tertiary/aromatic N) is 1. The number of urea groups is 1. The first kappa shape index (κ1) is 14.2. The van der Waals surface area contributed by atoms with Gasteiger partial charge < -0.3 is 20.1 Å². The Morgan fingerprint density at radius 2 is 2.20 bits per heavy atom. The van der Waals surface area contributed by atoms with Gasteiger partial charge in [-0.1, -0.05) is 0 Å². The maximum atomic E-state index is 12.1. The maximum absolute atomic E-state index is 12.1. The summed E-state index contributed by atoms with van der Waals surface area (Å²) < 4.78 is 5.00. The number of hydrogen-bond acceptors (Lipinski definition) is 3. The number of nitrogens with one attached hydrogen (secondary N) is 1. The molecule has 1 fully saturated rings. The number of ether oxygens (including phenoxy) is 1. The standard InChI is InChI=1S/C14H18N2O4/c1-9-4-3-7-16(9)14(19)15-12-6-5-10(20-2)8-11(12)13(17)18/h5-6,8-9H,3-4,7H2,1-2H3,(H,15,19)(H,17,18). The van der Waals surface area contributed by atoms with Gasteiger partial charge in [-0.15, -0.1) is 0 Å². The molecule has 6 heteroatoms. The van der Waals surface area contributed by atoms with E-state index in [9.17, 15) is 14.7 Å². The lowest BCUT2D eigenvalue weighted by molar-refractivity contribution is 0.0697. The lowest BCUT2D eigenvalue weighted by Gasteiger charge is -2.22. The fourth-order valence-corrected chi connectivity index (χ4v) is 2.36. The van der Waals surface area contributed by atoms with Gasteiger partial charge in [-0.25, -0.2) is 9.59 Å². The first-order valence-electron chi connectivity index (χ1n) is 6.52. The van der Waals surface area contributed by atoms with E-state index < -0.39 is 5.97 Å². The number of methoxy groups -OCH3 is 1. The van der Waals surface area contributed by atoms with Crippen molar-refractivity contribution >= 4 is 17.7 Å². The van der Waals surface area contributed by atoms with Gasteiger partial charge in [0.05, 0.1) is 18.4 Å². The van der Waals surface area contributed by atoms with Crippen LogP contribution < -0.4 is 10.1 Å². The smallest absolute Gasteiger partial charge is 0.337 e. The highest BCUT2D eigenvalue weighted by molar-refractivity contribution is 6.00. The van der Waals surface area contributed by atoms with E-state index in [1.54, 1.807) is 17.0 Å². The molecular weight excluding hydrogens is 260 g/mol. The van der Waals surface area contributed by atoms with Crippen LogP contribution in [0.25, 0.3) is 0 Å². The van der Waals surface area contributed by atoms with Crippen molar-refractivity contribution in [3.8, 4) is 5.75 Å². The molecule has 2 rings (SSSR count). The van der Waals surface area contributed by atoms with E-state index in [1.165, 1.54) is 13.2 Å². The highest BCUT2D eigenvalue weighted by atomic mass is 16.5. The molecule has 0 radical (unpaired) electrons. The van der Waals surface area contributed by atoms with Crippen LogP contribution in [-0.4, -0.2) is 41.7 Å². The van der Waals surface area contributed by atoms with Crippen molar-refractivity contribution < 1.29 is 19.4 Å². The number of carboxylic acid groups (broad SMARTS) is 1. The van der Waals surface area contributed by atoms with Crippen LogP contribution in [0.5, 0.6) is 5.75 Å². The molecular formula is C14H18N2O4. The molecule has 6 nitrogen and oxygen atoms in total. The van der Waals surface area contributed by atoms with Crippen molar-refractivity contribution in [1.29, 1.82) is 0 Å². The second-order valence-corrected chi connectivity index (χ2v) is 4.83. The Morgan fingerprint density at radius 1 is 1.45 bits per heavy atom. The van der Waals surface area contributed by atoms with E-state index in [-0.39, 0.29) is 23.3 Å². The van der Waals surface area contributed by atoms with Gasteiger partial charge in [-0.05, 0) is 38.0 Å². The van der Waals surface area contributed by atoms with Crippen molar-refractivity contribution in [2.45, 2.75) is 25.8 Å². The van der Waals surface area contributed by atoms with E-state index >= 15 is 0 Å². The van der Waals surface area contributed by atoms with Crippen molar-refractivity contribution in [2.75, 3.05) is 19.0 Å². The molecule has 20 heavy (non-hydrogen) atoms. The van der Waals surface area contributed by atoms with Gasteiger partial charge >= 0.3 is 12.0 Å². The lowest BCUT2D eigenvalue weighted by Crippen LogP contribution is -2.37. The van der Waals surface area contributed by atoms with Gasteiger partial charge in [0, 0.05) is 12.6 Å². The minimum Gasteiger partial charge on any atom is -0.497 e. The van der Waals surface area contributed by atoms with E-state index in [0.717, 1.165) is 12.8 Å². The molecule has 0 aromatic heterocycles. The first-order valence-corrected chi connectivity index (χ1v) is 6.52. The predicted octanol–water partition coefficient (Wildman–Crippen LogP) is 2.41. The molecule has 2 amide bonds. The Hall–Kier alpha value is -2.24. The minimum absolute atomic E-state index is 0.0181. The number of carboxylic acids is 1. The molecule has 0 bridgehead atoms. The third-order valence-electron chi connectivity index (χ3n) is 3.51. The Balaban J connectivity index is 2.20. The Kier molecular flexibility index (Phi) is 4.12. The summed E-state index contributed by atoms with van der Waals surface area (Å²) in [5, 5.41) is 11.9. The van der Waals surface area contributed by atoms with Crippen LogP contribution in [0.15, 0.2) is 18.2 Å². The number of carbonyl (C=O) groups excluding carboxylic acids is 1. The third-order valence-corrected chi connectivity index (χ3v) is 3.51. The molecule has 1 aromatic carbocycles. The number of anilines is 1. The monoisotopic (exact) mass is 278 g/mol. The molecule has 1 saturated heterocycles. The van der Waals surface area contributed by atoms with Gasteiger partial charge in [0.15, 0.2) is 0 Å². The summed E-state index contributed by atoms with van der Waals surface area (Å²) >= 11 is 0. The largest absolute Gasteiger partial charge is 0.497 e. The zero-order valence-corrected chi connectivity index (χ0v) is 11.5. The number of hydrogen-bond donors (Lipinski definition) is 2. The van der Waals surface area contributed by atoms with Crippen LogP contribution in [0.2, 0.25) is 0 Å². The number of rotatable bonds is 3. The molecule has 108 valence electrons. The average molecular weight is 278 g/mol. The van der Waals surface area contributed by atoms with E-state index in [2.05, 4.69) is 5.32 Å². The summed E-state index contributed by atoms with van der Waals surface area (Å²) in [4.78, 5) is 25.1. The van der Waals surface area contributed by atoms with Gasteiger partial charge in [0.2, 0.25) is 0 Å². The Labute approximate surface area is 117 Å². The number of carbonyl (C=O) groups is 2. The van der Waals surface area contributed by atoms with Crippen LogP contribution in [0.3, 0.4) is 0 Å². The van der Waals surface area contributed by atoms with Crippen molar-refractivity contribution in [3.63, 3.8) is 0 Å². The third kappa shape index (κ3) is 2.84. The quantitative estimate of drug-likeness (QED) is 0.890. The molecule has 1 atom stereocenters. The fourth-order valence-electron chi connectivity index (χ4n) is 2.36. The van der Waals surface area contributed by atoms with Crippen LogP contribution in [0, 0.1) is 0 Å². The number of benzene rings is 1. The van der Waals surface area contributed by atoms with Gasteiger partial charge in [0.1, 0.15) is 5.75 Å². The molecule has 1 aromatic rings. The van der Waals surface area contributed by atoms with Crippen LogP contribution in [-0.2, 0) is 0 Å². The summed E-state index contributed by atoms with van der Waals surface area (Å²) in [5.74, 6) is -0.663. The first-order chi connectivity index (χ1) is 9.52. The molecule has 0 spiro atoms. The van der Waals surface area contributed by atoms with Gasteiger partial charge in [-0.3, -0.25) is 0 Å². The second kappa shape index (κ2) is 5.81. The predicted molar refractivity (Wildman–Crippen MR) is 74.4 cm³/mol. The minimum atomic E-state index is -1.10. The normalized spacial score (nSPS) is 17.9. The second-order valence-electron chi connectivity index (χ2n) is 4.83. The topological polar surface area (TPSA) is 78.9 Å². The van der Waals surface area contributed by atoms with E-state index in [4.69, 9.17) is 4.74 Å². The van der Waals surface area contributed by atoms with Gasteiger partial charge in [-0.2, -0.15) is 0 Å². The summed E-state index contributed by atoms with van der Waals surface area (Å²) in [6, 6.07) is 4.48. The molecule has 0 aliphatic carbocycles. The van der Waals surface area contributed by atoms with E-state index in [1.807, 2.05) is 6.92 Å². The zero-order valence-electron chi connectivity index (χ0n) is 11.5. The molecule has 1 heterocycles. The fraction of sp³-hybridized carbons (Fsp3) is 0.429. The maximum Gasteiger partial charge on any atom is 0.337 e. The lowest BCUT2D eigenvalue weighted by atomic mass is 10.1. The Morgan fingerprint density at radius 3 is 2.75 bits per heavy atom. The Bertz CT molecular complexity index is 530. The summed E-state index contributed by atoms with van der Waals surface area (Å²) in [5.41, 5.74) is 0.298. The molecule has 1 aliphatic rings. The van der Waals surface area contributed by atoms with Crippen LogP contribution in [0.4, 0.5) is 10.5 Å². The van der Waals surface area contributed by atoms with Crippen molar-refractivity contribution in [2.24, 2.45) is 0 Å². The summed E-state index contributed by atoms with van der Waals surface area (Å²) in [7, 11) is 1.46. The van der Waals surface area contributed by atoms with E-state index in [0.29, 0.717) is 12.3 Å². The summed E-state index contributed by atoms with van der Waals surface area (Å²) in [6.45, 7) is 2.68. The zero-order chi connectivity index (χ0) is 14.7. The highest BCUT2D eigenvalue weighted by Gasteiger charge is 2.26. The van der Waals surface area contributed by atoms with Crippen molar-refractivity contribution in [1.82, 2.24) is 4.90 Å². The van der Waals surface area contributed by atoms with Gasteiger partial charge in [0.25, 0.3) is 0 Å². The molecule has 1 aliphatic heterocycles.